The molecule has 1 unspecified atom stereocenters. The molecule has 3 heterocycles. The first-order chi connectivity index (χ1) is 10.8. The molecule has 0 spiro atoms. The van der Waals surface area contributed by atoms with Gasteiger partial charge in [-0.05, 0) is 31.4 Å². The number of hydrogen-bond acceptors (Lipinski definition) is 3. The molecule has 0 aromatic carbocycles. The van der Waals surface area contributed by atoms with Crippen LogP contribution in [0, 0.1) is 0 Å². The summed E-state index contributed by atoms with van der Waals surface area (Å²) in [7, 11) is 0. The normalized spacial score (nSPS) is 18.8. The molecule has 5 heteroatoms. The highest BCUT2D eigenvalue weighted by atomic mass is 16.5. The smallest absolute Gasteiger partial charge is 0.228 e. The van der Waals surface area contributed by atoms with Crippen LogP contribution in [0.2, 0.25) is 0 Å². The van der Waals surface area contributed by atoms with Gasteiger partial charge in [-0.3, -0.25) is 4.79 Å². The van der Waals surface area contributed by atoms with Gasteiger partial charge in [-0.1, -0.05) is 13.0 Å². The van der Waals surface area contributed by atoms with Crippen molar-refractivity contribution in [3.63, 3.8) is 0 Å². The molecular weight excluding hydrogens is 278 g/mol. The molecule has 2 aromatic heterocycles. The number of amides is 1. The lowest BCUT2D eigenvalue weighted by atomic mass is 10.1. The van der Waals surface area contributed by atoms with Crippen molar-refractivity contribution < 1.29 is 9.53 Å². The van der Waals surface area contributed by atoms with Gasteiger partial charge in [0.15, 0.2) is 0 Å². The minimum atomic E-state index is 0.162. The van der Waals surface area contributed by atoms with Crippen molar-refractivity contribution >= 4 is 11.6 Å². The van der Waals surface area contributed by atoms with E-state index in [4.69, 9.17) is 4.74 Å². The lowest BCUT2D eigenvalue weighted by Crippen LogP contribution is -2.44. The van der Waals surface area contributed by atoms with E-state index in [1.54, 1.807) is 6.20 Å². The van der Waals surface area contributed by atoms with E-state index in [0.717, 1.165) is 50.3 Å². The summed E-state index contributed by atoms with van der Waals surface area (Å²) in [4.78, 5) is 18.8. The zero-order chi connectivity index (χ0) is 15.4. The Morgan fingerprint density at radius 1 is 1.45 bits per heavy atom. The molecule has 1 amide bonds. The van der Waals surface area contributed by atoms with E-state index in [9.17, 15) is 4.79 Å². The highest BCUT2D eigenvalue weighted by molar-refractivity contribution is 5.78. The lowest BCUT2D eigenvalue weighted by Gasteiger charge is -2.32. The van der Waals surface area contributed by atoms with Gasteiger partial charge in [0.1, 0.15) is 5.65 Å². The van der Waals surface area contributed by atoms with E-state index < -0.39 is 0 Å². The zero-order valence-corrected chi connectivity index (χ0v) is 13.1. The summed E-state index contributed by atoms with van der Waals surface area (Å²) in [6, 6.07) is 5.86. The minimum absolute atomic E-state index is 0.162. The van der Waals surface area contributed by atoms with Crippen LogP contribution in [0.25, 0.3) is 5.65 Å². The Morgan fingerprint density at radius 3 is 3.23 bits per heavy atom. The van der Waals surface area contributed by atoms with E-state index in [1.165, 1.54) is 0 Å². The predicted octanol–water partition coefficient (Wildman–Crippen LogP) is 2.29. The maximum absolute atomic E-state index is 12.6. The number of imidazole rings is 1. The Bertz CT molecular complexity index is 638. The fourth-order valence-corrected chi connectivity index (χ4v) is 2.97. The Hall–Kier alpha value is -1.88. The molecule has 22 heavy (non-hydrogen) atoms. The molecule has 0 bridgehead atoms. The first-order valence-corrected chi connectivity index (χ1v) is 8.08. The number of aromatic nitrogens is 2. The maximum Gasteiger partial charge on any atom is 0.228 e. The third-order valence-electron chi connectivity index (χ3n) is 4.11. The topological polar surface area (TPSA) is 46.8 Å². The van der Waals surface area contributed by atoms with Crippen molar-refractivity contribution in [3.8, 4) is 0 Å². The molecule has 0 aliphatic carbocycles. The SMILES string of the molecule is CCCOC1CCCN(C(=O)Cc2cnc3ccccn23)C1. The fourth-order valence-electron chi connectivity index (χ4n) is 2.97. The molecular formula is C17H23N3O2. The average molecular weight is 301 g/mol. The molecule has 2 aromatic rings. The molecule has 0 radical (unpaired) electrons. The summed E-state index contributed by atoms with van der Waals surface area (Å²) in [5.41, 5.74) is 1.82. The van der Waals surface area contributed by atoms with E-state index >= 15 is 0 Å². The fraction of sp³-hybridized carbons (Fsp3) is 0.529. The number of likely N-dealkylation sites (tertiary alicyclic amines) is 1. The van der Waals surface area contributed by atoms with Crippen LogP contribution < -0.4 is 0 Å². The number of pyridine rings is 1. The molecule has 1 atom stereocenters. The van der Waals surface area contributed by atoms with Crippen LogP contribution in [0.1, 0.15) is 31.9 Å². The molecule has 0 N–H and O–H groups in total. The van der Waals surface area contributed by atoms with Gasteiger partial charge in [0, 0.05) is 32.1 Å². The number of piperidine rings is 1. The van der Waals surface area contributed by atoms with Gasteiger partial charge >= 0.3 is 0 Å². The first-order valence-electron chi connectivity index (χ1n) is 8.08. The number of carbonyl (C=O) groups excluding carboxylic acids is 1. The monoisotopic (exact) mass is 301 g/mol. The number of rotatable bonds is 5. The predicted molar refractivity (Wildman–Crippen MR) is 84.7 cm³/mol. The lowest BCUT2D eigenvalue weighted by molar-refractivity contribution is -0.134. The second kappa shape index (κ2) is 6.92. The number of fused-ring (bicyclic) bond motifs is 1. The summed E-state index contributed by atoms with van der Waals surface area (Å²) >= 11 is 0. The summed E-state index contributed by atoms with van der Waals surface area (Å²) in [6.07, 6.45) is 7.43. The second-order valence-corrected chi connectivity index (χ2v) is 5.83. The van der Waals surface area contributed by atoms with Crippen molar-refractivity contribution in [1.82, 2.24) is 14.3 Å². The largest absolute Gasteiger partial charge is 0.376 e. The van der Waals surface area contributed by atoms with Crippen LogP contribution in [0.15, 0.2) is 30.6 Å². The maximum atomic E-state index is 12.6. The Kier molecular flexibility index (Phi) is 4.73. The first kappa shape index (κ1) is 15.0. The Morgan fingerprint density at radius 2 is 2.36 bits per heavy atom. The Balaban J connectivity index is 1.64. The summed E-state index contributed by atoms with van der Waals surface area (Å²) in [5, 5.41) is 0. The third kappa shape index (κ3) is 3.30. The van der Waals surface area contributed by atoms with Crippen molar-refractivity contribution in [2.24, 2.45) is 0 Å². The third-order valence-corrected chi connectivity index (χ3v) is 4.11. The van der Waals surface area contributed by atoms with Crippen molar-refractivity contribution in [1.29, 1.82) is 0 Å². The molecule has 1 saturated heterocycles. The number of hydrogen-bond donors (Lipinski definition) is 0. The molecule has 3 rings (SSSR count). The molecule has 1 fully saturated rings. The quantitative estimate of drug-likeness (QED) is 0.851. The van der Waals surface area contributed by atoms with Crippen molar-refractivity contribution in [3.05, 3.63) is 36.3 Å². The van der Waals surface area contributed by atoms with Gasteiger partial charge in [0.2, 0.25) is 5.91 Å². The molecule has 118 valence electrons. The van der Waals surface area contributed by atoms with Gasteiger partial charge in [0.25, 0.3) is 0 Å². The average Bonchev–Trinajstić information content (AvgIpc) is 2.96. The van der Waals surface area contributed by atoms with Crippen LogP contribution in [0.3, 0.4) is 0 Å². The Labute approximate surface area is 130 Å². The van der Waals surface area contributed by atoms with E-state index in [1.807, 2.05) is 33.7 Å². The van der Waals surface area contributed by atoms with Gasteiger partial charge in [0.05, 0.1) is 18.2 Å². The minimum Gasteiger partial charge on any atom is -0.376 e. The zero-order valence-electron chi connectivity index (χ0n) is 13.1. The standard InChI is InChI=1S/C17H23N3O2/c1-2-10-22-15-6-5-8-19(13-15)17(21)11-14-12-18-16-7-3-4-9-20(14)16/h3-4,7,9,12,15H,2,5-6,8,10-11,13H2,1H3. The van der Waals surface area contributed by atoms with Gasteiger partial charge < -0.3 is 14.0 Å². The number of ether oxygens (including phenoxy) is 1. The molecule has 0 saturated carbocycles. The van der Waals surface area contributed by atoms with Gasteiger partial charge in [-0.25, -0.2) is 4.98 Å². The van der Waals surface area contributed by atoms with E-state index in [-0.39, 0.29) is 12.0 Å². The van der Waals surface area contributed by atoms with Crippen LogP contribution in [0.5, 0.6) is 0 Å². The van der Waals surface area contributed by atoms with Crippen LogP contribution in [0.4, 0.5) is 0 Å². The van der Waals surface area contributed by atoms with E-state index in [0.29, 0.717) is 6.42 Å². The molecule has 5 nitrogen and oxygen atoms in total. The van der Waals surface area contributed by atoms with Gasteiger partial charge in [-0.2, -0.15) is 0 Å². The highest BCUT2D eigenvalue weighted by Crippen LogP contribution is 2.15. The summed E-state index contributed by atoms with van der Waals surface area (Å²) in [6.45, 7) is 4.44. The number of carbonyl (C=O) groups is 1. The van der Waals surface area contributed by atoms with Crippen LogP contribution in [-0.2, 0) is 16.0 Å². The number of nitrogens with zero attached hydrogens (tertiary/aromatic N) is 3. The van der Waals surface area contributed by atoms with Crippen molar-refractivity contribution in [2.75, 3.05) is 19.7 Å². The van der Waals surface area contributed by atoms with Crippen LogP contribution in [-0.4, -0.2) is 46.0 Å². The second-order valence-electron chi connectivity index (χ2n) is 5.83. The van der Waals surface area contributed by atoms with Crippen molar-refractivity contribution in [2.45, 2.75) is 38.7 Å². The highest BCUT2D eigenvalue weighted by Gasteiger charge is 2.24. The summed E-state index contributed by atoms with van der Waals surface area (Å²) < 4.78 is 7.79. The van der Waals surface area contributed by atoms with E-state index in [2.05, 4.69) is 11.9 Å². The van der Waals surface area contributed by atoms with Gasteiger partial charge in [-0.15, -0.1) is 0 Å². The molecule has 1 aliphatic rings. The summed E-state index contributed by atoms with van der Waals surface area (Å²) in [5.74, 6) is 0.162. The molecule has 1 aliphatic heterocycles. The van der Waals surface area contributed by atoms with Crippen LogP contribution >= 0.6 is 0 Å².